The van der Waals surface area contributed by atoms with E-state index in [0.717, 1.165) is 12.8 Å². The molecule has 2 rings (SSSR count). The summed E-state index contributed by atoms with van der Waals surface area (Å²) in [5, 5.41) is 10.1. The molecular formula is C14H20O. The van der Waals surface area contributed by atoms with Crippen molar-refractivity contribution in [3.05, 3.63) is 35.4 Å². The van der Waals surface area contributed by atoms with Crippen molar-refractivity contribution in [2.75, 3.05) is 0 Å². The third-order valence-corrected chi connectivity index (χ3v) is 3.57. The van der Waals surface area contributed by atoms with Crippen LogP contribution in [0.15, 0.2) is 24.3 Å². The first-order chi connectivity index (χ1) is 7.29. The minimum Gasteiger partial charge on any atom is -0.392 e. The van der Waals surface area contributed by atoms with Crippen molar-refractivity contribution in [3.63, 3.8) is 0 Å². The van der Waals surface area contributed by atoms with E-state index in [4.69, 9.17) is 0 Å². The normalized spacial score (nSPS) is 27.3. The summed E-state index contributed by atoms with van der Waals surface area (Å²) >= 11 is 0. The van der Waals surface area contributed by atoms with Gasteiger partial charge in [0.2, 0.25) is 0 Å². The van der Waals surface area contributed by atoms with Crippen molar-refractivity contribution in [1.82, 2.24) is 0 Å². The van der Waals surface area contributed by atoms with Gasteiger partial charge in [-0.3, -0.25) is 0 Å². The van der Waals surface area contributed by atoms with E-state index in [1.54, 1.807) is 0 Å². The molecule has 1 aliphatic carbocycles. The monoisotopic (exact) mass is 204 g/mol. The first-order valence-corrected chi connectivity index (χ1v) is 6.02. The summed E-state index contributed by atoms with van der Waals surface area (Å²) in [6.07, 6.45) is 5.71. The molecule has 0 aromatic heterocycles. The average Bonchev–Trinajstić information content (AvgIpc) is 2.44. The molecule has 0 saturated heterocycles. The fourth-order valence-electron chi connectivity index (χ4n) is 2.65. The molecule has 82 valence electrons. The molecule has 0 radical (unpaired) electrons. The Bertz CT molecular complexity index is 319. The zero-order valence-electron chi connectivity index (χ0n) is 9.45. The maximum atomic E-state index is 10.1. The minimum absolute atomic E-state index is 0.131. The van der Waals surface area contributed by atoms with Crippen LogP contribution in [0.25, 0.3) is 0 Å². The lowest BCUT2D eigenvalue weighted by Gasteiger charge is -2.22. The van der Waals surface area contributed by atoms with E-state index in [1.807, 2.05) is 0 Å². The molecule has 0 aliphatic heterocycles. The number of rotatable bonds is 1. The van der Waals surface area contributed by atoms with E-state index >= 15 is 0 Å². The lowest BCUT2D eigenvalue weighted by molar-refractivity contribution is 0.135. The predicted octanol–water partition coefficient (Wildman–Crippen LogP) is 3.40. The van der Waals surface area contributed by atoms with Crippen LogP contribution in [0.4, 0.5) is 0 Å². The van der Waals surface area contributed by atoms with Crippen LogP contribution in [0, 0.1) is 6.92 Å². The van der Waals surface area contributed by atoms with E-state index in [-0.39, 0.29) is 6.10 Å². The van der Waals surface area contributed by atoms with Crippen molar-refractivity contribution < 1.29 is 5.11 Å². The summed E-state index contributed by atoms with van der Waals surface area (Å²) < 4.78 is 0. The second kappa shape index (κ2) is 4.80. The summed E-state index contributed by atoms with van der Waals surface area (Å²) in [6.45, 7) is 2.15. The molecule has 0 bridgehead atoms. The molecular weight excluding hydrogens is 184 g/mol. The molecule has 15 heavy (non-hydrogen) atoms. The fourth-order valence-corrected chi connectivity index (χ4v) is 2.65. The minimum atomic E-state index is -0.131. The molecule has 1 nitrogen and oxygen atoms in total. The Hall–Kier alpha value is -0.820. The smallest absolute Gasteiger partial charge is 0.0608 e. The van der Waals surface area contributed by atoms with Gasteiger partial charge in [-0.05, 0) is 30.9 Å². The van der Waals surface area contributed by atoms with Gasteiger partial charge in [-0.15, -0.1) is 0 Å². The fraction of sp³-hybridized carbons (Fsp3) is 0.571. The van der Waals surface area contributed by atoms with E-state index in [9.17, 15) is 5.11 Å². The lowest BCUT2D eigenvalue weighted by atomic mass is 9.87. The third-order valence-electron chi connectivity index (χ3n) is 3.57. The number of hydrogen-bond donors (Lipinski definition) is 1. The molecule has 2 atom stereocenters. The molecule has 0 amide bonds. The zero-order valence-corrected chi connectivity index (χ0v) is 9.45. The molecule has 1 aliphatic rings. The number of aliphatic hydroxyl groups excluding tert-OH is 1. The summed E-state index contributed by atoms with van der Waals surface area (Å²) in [5.41, 5.74) is 2.68. The molecule has 1 saturated carbocycles. The Kier molecular flexibility index (Phi) is 3.42. The highest BCUT2D eigenvalue weighted by Crippen LogP contribution is 2.33. The van der Waals surface area contributed by atoms with E-state index in [0.29, 0.717) is 5.92 Å². The molecule has 2 unspecified atom stereocenters. The highest BCUT2D eigenvalue weighted by Gasteiger charge is 2.23. The third kappa shape index (κ3) is 2.40. The van der Waals surface area contributed by atoms with Gasteiger partial charge in [-0.1, -0.05) is 43.5 Å². The Morgan fingerprint density at radius 3 is 2.60 bits per heavy atom. The van der Waals surface area contributed by atoms with Crippen LogP contribution in [-0.4, -0.2) is 11.2 Å². The van der Waals surface area contributed by atoms with Crippen LogP contribution in [0.3, 0.4) is 0 Å². The Balaban J connectivity index is 2.24. The predicted molar refractivity (Wildman–Crippen MR) is 63.0 cm³/mol. The van der Waals surface area contributed by atoms with E-state index < -0.39 is 0 Å². The largest absolute Gasteiger partial charge is 0.392 e. The number of hydrogen-bond acceptors (Lipinski definition) is 1. The van der Waals surface area contributed by atoms with E-state index in [1.165, 1.54) is 30.4 Å². The SMILES string of the molecule is Cc1ccccc1C1CCCCCC1O. The first-order valence-electron chi connectivity index (χ1n) is 6.02. The van der Waals surface area contributed by atoms with Crippen LogP contribution in [0.1, 0.15) is 49.1 Å². The Morgan fingerprint density at radius 2 is 1.80 bits per heavy atom. The number of benzene rings is 1. The van der Waals surface area contributed by atoms with Crippen molar-refractivity contribution >= 4 is 0 Å². The van der Waals surface area contributed by atoms with Crippen LogP contribution < -0.4 is 0 Å². The maximum Gasteiger partial charge on any atom is 0.0608 e. The zero-order chi connectivity index (χ0) is 10.7. The molecule has 0 heterocycles. The van der Waals surface area contributed by atoms with Crippen molar-refractivity contribution in [2.24, 2.45) is 0 Å². The van der Waals surface area contributed by atoms with Gasteiger partial charge in [-0.2, -0.15) is 0 Å². The van der Waals surface area contributed by atoms with Crippen molar-refractivity contribution in [1.29, 1.82) is 0 Å². The average molecular weight is 204 g/mol. The van der Waals surface area contributed by atoms with Gasteiger partial charge in [0.15, 0.2) is 0 Å². The van der Waals surface area contributed by atoms with Crippen LogP contribution in [0.2, 0.25) is 0 Å². The first kappa shape index (κ1) is 10.7. The summed E-state index contributed by atoms with van der Waals surface area (Å²) in [5.74, 6) is 0.369. The second-order valence-corrected chi connectivity index (χ2v) is 4.67. The second-order valence-electron chi connectivity index (χ2n) is 4.67. The van der Waals surface area contributed by atoms with Crippen LogP contribution in [-0.2, 0) is 0 Å². The standard InChI is InChI=1S/C14H20O/c1-11-7-5-6-8-12(11)13-9-3-2-4-10-14(13)15/h5-8,13-15H,2-4,9-10H2,1H3. The van der Waals surface area contributed by atoms with Gasteiger partial charge in [0.05, 0.1) is 6.10 Å². The lowest BCUT2D eigenvalue weighted by Crippen LogP contribution is -2.17. The quantitative estimate of drug-likeness (QED) is 0.695. The van der Waals surface area contributed by atoms with Crippen molar-refractivity contribution in [3.8, 4) is 0 Å². The molecule has 1 N–H and O–H groups in total. The Labute approximate surface area is 92.1 Å². The van der Waals surface area contributed by atoms with Crippen LogP contribution >= 0.6 is 0 Å². The Morgan fingerprint density at radius 1 is 1.07 bits per heavy atom. The van der Waals surface area contributed by atoms with Gasteiger partial charge in [0, 0.05) is 5.92 Å². The highest BCUT2D eigenvalue weighted by molar-refractivity contribution is 5.30. The molecule has 1 heteroatoms. The number of aliphatic hydroxyl groups is 1. The van der Waals surface area contributed by atoms with Gasteiger partial charge < -0.3 is 5.11 Å². The van der Waals surface area contributed by atoms with Gasteiger partial charge in [0.25, 0.3) is 0 Å². The summed E-state index contributed by atoms with van der Waals surface area (Å²) in [6, 6.07) is 8.48. The topological polar surface area (TPSA) is 20.2 Å². The van der Waals surface area contributed by atoms with Gasteiger partial charge >= 0.3 is 0 Å². The van der Waals surface area contributed by atoms with Gasteiger partial charge in [-0.25, -0.2) is 0 Å². The van der Waals surface area contributed by atoms with Crippen LogP contribution in [0.5, 0.6) is 0 Å². The maximum absolute atomic E-state index is 10.1. The molecule has 1 aromatic carbocycles. The van der Waals surface area contributed by atoms with E-state index in [2.05, 4.69) is 31.2 Å². The van der Waals surface area contributed by atoms with Crippen molar-refractivity contribution in [2.45, 2.75) is 51.0 Å². The highest BCUT2D eigenvalue weighted by atomic mass is 16.3. The van der Waals surface area contributed by atoms with Gasteiger partial charge in [0.1, 0.15) is 0 Å². The molecule has 1 fully saturated rings. The molecule has 0 spiro atoms. The number of aryl methyl sites for hydroxylation is 1. The molecule has 1 aromatic rings. The summed E-state index contributed by atoms with van der Waals surface area (Å²) in [7, 11) is 0. The summed E-state index contributed by atoms with van der Waals surface area (Å²) in [4.78, 5) is 0.